The maximum atomic E-state index is 12.8. The van der Waals surface area contributed by atoms with Gasteiger partial charge < -0.3 is 16.0 Å². The predicted octanol–water partition coefficient (Wildman–Crippen LogP) is 3.03. The summed E-state index contributed by atoms with van der Waals surface area (Å²) >= 11 is 0. The van der Waals surface area contributed by atoms with Crippen LogP contribution >= 0.6 is 0 Å². The van der Waals surface area contributed by atoms with E-state index in [1.54, 1.807) is 4.90 Å². The zero-order valence-electron chi connectivity index (χ0n) is 19.2. The largest absolute Gasteiger partial charge is 0.383 e. The number of amides is 1. The number of aryl methyl sites for hydroxylation is 2. The number of H-pyrrole nitrogens is 1. The third-order valence-electron chi connectivity index (χ3n) is 5.37. The maximum absolute atomic E-state index is 12.8. The highest BCUT2D eigenvalue weighted by Gasteiger charge is 2.21. The summed E-state index contributed by atoms with van der Waals surface area (Å²) in [6.07, 6.45) is 2.41. The number of nitrogen functional groups attached to an aromatic ring is 1. The molecule has 1 aromatic carbocycles. The Morgan fingerprint density at radius 3 is 2.55 bits per heavy atom. The van der Waals surface area contributed by atoms with Crippen molar-refractivity contribution in [1.29, 1.82) is 0 Å². The molecule has 0 fully saturated rings. The van der Waals surface area contributed by atoms with Crippen LogP contribution in [0.2, 0.25) is 0 Å². The van der Waals surface area contributed by atoms with E-state index in [9.17, 15) is 14.4 Å². The first-order valence-electron chi connectivity index (χ1n) is 10.9. The highest BCUT2D eigenvalue weighted by atomic mass is 16.2. The molecule has 2 rings (SSSR count). The molecule has 0 saturated carbocycles. The first-order chi connectivity index (χ1) is 14.6. The van der Waals surface area contributed by atoms with Gasteiger partial charge in [0.1, 0.15) is 11.5 Å². The Kier molecular flexibility index (Phi) is 8.47. The lowest BCUT2D eigenvalue weighted by molar-refractivity contribution is -0.115. The SMILES string of the molecule is CCCCn1c(N)c(N(CCC(C)C)CC(=O)Nc2ccc(C)c(C)c2)c(=O)[nH]c1=O. The number of aromatic amines is 1. The number of nitrogens with two attached hydrogens (primary N) is 1. The minimum Gasteiger partial charge on any atom is -0.383 e. The van der Waals surface area contributed by atoms with E-state index < -0.39 is 11.2 Å². The third kappa shape index (κ3) is 6.47. The summed E-state index contributed by atoms with van der Waals surface area (Å²) in [5.41, 5.74) is 8.27. The minimum atomic E-state index is -0.571. The number of nitrogens with zero attached hydrogens (tertiary/aromatic N) is 2. The molecule has 8 nitrogen and oxygen atoms in total. The van der Waals surface area contributed by atoms with Gasteiger partial charge in [-0.25, -0.2) is 4.79 Å². The fourth-order valence-electron chi connectivity index (χ4n) is 3.30. The molecule has 0 aliphatic heterocycles. The second-order valence-electron chi connectivity index (χ2n) is 8.45. The van der Waals surface area contributed by atoms with Crippen LogP contribution in [0, 0.1) is 19.8 Å². The van der Waals surface area contributed by atoms with Crippen molar-refractivity contribution in [3.8, 4) is 0 Å². The van der Waals surface area contributed by atoms with E-state index in [0.717, 1.165) is 30.4 Å². The highest BCUT2D eigenvalue weighted by molar-refractivity contribution is 5.94. The van der Waals surface area contributed by atoms with Crippen molar-refractivity contribution in [2.24, 2.45) is 5.92 Å². The number of anilines is 3. The number of benzene rings is 1. The first-order valence-corrected chi connectivity index (χ1v) is 10.9. The normalized spacial score (nSPS) is 11.0. The van der Waals surface area contributed by atoms with Crippen LogP contribution < -0.4 is 27.2 Å². The lowest BCUT2D eigenvalue weighted by atomic mass is 10.1. The van der Waals surface area contributed by atoms with Crippen molar-refractivity contribution in [2.75, 3.05) is 29.0 Å². The summed E-state index contributed by atoms with van der Waals surface area (Å²) in [4.78, 5) is 41.8. The average molecular weight is 430 g/mol. The standard InChI is InChI=1S/C23H35N5O3/c1-6-7-11-28-21(24)20(22(30)26-23(28)31)27(12-10-15(2)3)14-19(29)25-18-9-8-16(4)17(5)13-18/h8-9,13,15H,6-7,10-12,14,24H2,1-5H3,(H,25,29)(H,26,30,31). The summed E-state index contributed by atoms with van der Waals surface area (Å²) in [7, 11) is 0. The third-order valence-corrected chi connectivity index (χ3v) is 5.37. The van der Waals surface area contributed by atoms with Gasteiger partial charge in [-0.3, -0.25) is 19.1 Å². The number of hydrogen-bond acceptors (Lipinski definition) is 5. The van der Waals surface area contributed by atoms with Crippen molar-refractivity contribution < 1.29 is 4.79 Å². The van der Waals surface area contributed by atoms with Crippen molar-refractivity contribution in [2.45, 2.75) is 60.4 Å². The summed E-state index contributed by atoms with van der Waals surface area (Å²) in [6, 6.07) is 5.72. The molecule has 0 radical (unpaired) electrons. The van der Waals surface area contributed by atoms with Crippen molar-refractivity contribution in [3.63, 3.8) is 0 Å². The molecule has 1 heterocycles. The Morgan fingerprint density at radius 2 is 1.94 bits per heavy atom. The molecular weight excluding hydrogens is 394 g/mol. The molecule has 4 N–H and O–H groups in total. The Hall–Kier alpha value is -3.03. The summed E-state index contributed by atoms with van der Waals surface area (Å²) in [6.45, 7) is 11.0. The molecule has 1 aromatic heterocycles. The van der Waals surface area contributed by atoms with Gasteiger partial charge in [-0.15, -0.1) is 0 Å². The van der Waals surface area contributed by atoms with Crippen LogP contribution in [0.4, 0.5) is 17.2 Å². The van der Waals surface area contributed by atoms with Crippen LogP contribution in [-0.4, -0.2) is 28.5 Å². The number of rotatable bonds is 10. The number of carbonyl (C=O) groups excluding carboxylic acids is 1. The first kappa shape index (κ1) is 24.2. The second kappa shape index (κ2) is 10.8. The Balaban J connectivity index is 2.35. The summed E-state index contributed by atoms with van der Waals surface area (Å²) in [5, 5.41) is 2.89. The molecule has 1 amide bonds. The lowest BCUT2D eigenvalue weighted by Crippen LogP contribution is -2.42. The van der Waals surface area contributed by atoms with Gasteiger partial charge in [-0.2, -0.15) is 0 Å². The molecule has 0 unspecified atom stereocenters. The average Bonchev–Trinajstić information content (AvgIpc) is 2.68. The van der Waals surface area contributed by atoms with Gasteiger partial charge in [0.25, 0.3) is 5.56 Å². The molecule has 31 heavy (non-hydrogen) atoms. The van der Waals surface area contributed by atoms with Gasteiger partial charge in [0.05, 0.1) is 6.54 Å². The van der Waals surface area contributed by atoms with Gasteiger partial charge >= 0.3 is 5.69 Å². The van der Waals surface area contributed by atoms with Crippen molar-refractivity contribution >= 4 is 23.1 Å². The monoisotopic (exact) mass is 429 g/mol. The smallest absolute Gasteiger partial charge is 0.330 e. The van der Waals surface area contributed by atoms with Gasteiger partial charge in [-0.1, -0.05) is 33.3 Å². The number of aromatic nitrogens is 2. The fraction of sp³-hybridized carbons (Fsp3) is 0.522. The summed E-state index contributed by atoms with van der Waals surface area (Å²) < 4.78 is 1.38. The van der Waals surface area contributed by atoms with Crippen LogP contribution in [-0.2, 0) is 11.3 Å². The molecule has 0 aliphatic carbocycles. The topological polar surface area (TPSA) is 113 Å². The lowest BCUT2D eigenvalue weighted by Gasteiger charge is -2.26. The molecule has 2 aromatic rings. The number of unbranched alkanes of at least 4 members (excludes halogenated alkanes) is 1. The number of nitrogens with one attached hydrogen (secondary N) is 2. The van der Waals surface area contributed by atoms with E-state index in [1.165, 1.54) is 4.57 Å². The van der Waals surface area contributed by atoms with Crippen LogP contribution in [0.5, 0.6) is 0 Å². The van der Waals surface area contributed by atoms with Crippen LogP contribution in [0.1, 0.15) is 51.2 Å². The van der Waals surface area contributed by atoms with Gasteiger partial charge in [0, 0.05) is 18.8 Å². The number of carbonyl (C=O) groups is 1. The number of hydrogen-bond donors (Lipinski definition) is 3. The molecule has 170 valence electrons. The van der Waals surface area contributed by atoms with E-state index in [4.69, 9.17) is 5.73 Å². The van der Waals surface area contributed by atoms with Crippen LogP contribution in [0.15, 0.2) is 27.8 Å². The van der Waals surface area contributed by atoms with Gasteiger partial charge in [-0.05, 0) is 55.9 Å². The van der Waals surface area contributed by atoms with E-state index in [-0.39, 0.29) is 24.0 Å². The zero-order valence-corrected chi connectivity index (χ0v) is 19.2. The van der Waals surface area contributed by atoms with Crippen LogP contribution in [0.25, 0.3) is 0 Å². The van der Waals surface area contributed by atoms with Gasteiger partial charge in [0.2, 0.25) is 5.91 Å². The molecule has 0 bridgehead atoms. The second-order valence-corrected chi connectivity index (χ2v) is 8.45. The van der Waals surface area contributed by atoms with Crippen LogP contribution in [0.3, 0.4) is 0 Å². The van der Waals surface area contributed by atoms with Crippen molar-refractivity contribution in [1.82, 2.24) is 9.55 Å². The summed E-state index contributed by atoms with van der Waals surface area (Å²) in [5.74, 6) is 0.221. The zero-order chi connectivity index (χ0) is 23.1. The molecule has 0 spiro atoms. The quantitative estimate of drug-likeness (QED) is 0.537. The van der Waals surface area contributed by atoms with Crippen molar-refractivity contribution in [3.05, 3.63) is 50.2 Å². The van der Waals surface area contributed by atoms with E-state index in [2.05, 4.69) is 24.1 Å². The van der Waals surface area contributed by atoms with Gasteiger partial charge in [0.15, 0.2) is 0 Å². The Labute approximate surface area is 183 Å². The molecule has 0 saturated heterocycles. The maximum Gasteiger partial charge on any atom is 0.330 e. The van der Waals surface area contributed by atoms with E-state index >= 15 is 0 Å². The Bertz CT molecular complexity index is 1020. The Morgan fingerprint density at radius 1 is 1.23 bits per heavy atom. The molecule has 8 heteroatoms. The molecule has 0 aliphatic rings. The molecular formula is C23H35N5O3. The fourth-order valence-corrected chi connectivity index (χ4v) is 3.30. The molecule has 0 atom stereocenters. The minimum absolute atomic E-state index is 0.0428. The van der Waals surface area contributed by atoms with E-state index in [1.807, 2.05) is 39.0 Å². The highest BCUT2D eigenvalue weighted by Crippen LogP contribution is 2.19. The van der Waals surface area contributed by atoms with E-state index in [0.29, 0.717) is 24.7 Å². The predicted molar refractivity (Wildman–Crippen MR) is 127 cm³/mol.